The van der Waals surface area contributed by atoms with Crippen LogP contribution in [0.15, 0.2) is 0 Å². The highest BCUT2D eigenvalue weighted by Crippen LogP contribution is 2.13. The van der Waals surface area contributed by atoms with E-state index < -0.39 is 0 Å². The summed E-state index contributed by atoms with van der Waals surface area (Å²) < 4.78 is 0. The van der Waals surface area contributed by atoms with Crippen LogP contribution < -0.4 is 5.32 Å². The summed E-state index contributed by atoms with van der Waals surface area (Å²) >= 11 is 0. The molecule has 1 aliphatic heterocycles. The van der Waals surface area contributed by atoms with Crippen LogP contribution in [0.5, 0.6) is 0 Å². The van der Waals surface area contributed by atoms with Crippen LogP contribution in [0, 0.1) is 11.3 Å². The molecule has 0 aliphatic carbocycles. The molecule has 0 saturated carbocycles. The molecule has 0 spiro atoms. The van der Waals surface area contributed by atoms with E-state index in [1.165, 1.54) is 6.42 Å². The summed E-state index contributed by atoms with van der Waals surface area (Å²) in [5.41, 5.74) is 0.946. The minimum atomic E-state index is 0.758. The fraction of sp³-hybridized carbons (Fsp3) is 0.889. The lowest BCUT2D eigenvalue weighted by Gasteiger charge is -2.07. The highest BCUT2D eigenvalue weighted by atomic mass is 14.9. The van der Waals surface area contributed by atoms with Crippen molar-refractivity contribution in [3.8, 4) is 0 Å². The Hall–Kier alpha value is -0.370. The summed E-state index contributed by atoms with van der Waals surface area (Å²) in [6.07, 6.45) is 4.42. The summed E-state index contributed by atoms with van der Waals surface area (Å²) in [6, 6.07) is 0. The first-order valence-corrected chi connectivity index (χ1v) is 4.60. The summed E-state index contributed by atoms with van der Waals surface area (Å²) in [7, 11) is 0. The second kappa shape index (κ2) is 4.50. The Morgan fingerprint density at radius 1 is 1.64 bits per heavy atom. The standard InChI is InChI=1S/C9H18N2/c1-2-3-9(10)6-8-4-5-11-7-8/h8,10-11H,2-7H2,1H3/t8-/m0/s1. The van der Waals surface area contributed by atoms with Gasteiger partial charge in [0.15, 0.2) is 0 Å². The molecule has 1 fully saturated rings. The monoisotopic (exact) mass is 154 g/mol. The van der Waals surface area contributed by atoms with Crippen molar-refractivity contribution in [1.29, 1.82) is 5.41 Å². The van der Waals surface area contributed by atoms with E-state index in [1.54, 1.807) is 0 Å². The first kappa shape index (κ1) is 8.72. The van der Waals surface area contributed by atoms with Crippen LogP contribution in [0.2, 0.25) is 0 Å². The number of rotatable bonds is 4. The first-order chi connectivity index (χ1) is 5.33. The van der Waals surface area contributed by atoms with Crippen molar-refractivity contribution < 1.29 is 0 Å². The normalized spacial score (nSPS) is 23.9. The molecule has 1 saturated heterocycles. The molecular formula is C9H18N2. The van der Waals surface area contributed by atoms with Gasteiger partial charge in [0.1, 0.15) is 0 Å². The van der Waals surface area contributed by atoms with E-state index in [1.807, 2.05) is 0 Å². The summed E-state index contributed by atoms with van der Waals surface area (Å²) in [5, 5.41) is 10.9. The van der Waals surface area contributed by atoms with Crippen LogP contribution in [0.1, 0.15) is 32.6 Å². The molecule has 0 aromatic heterocycles. The zero-order chi connectivity index (χ0) is 8.10. The number of nitrogens with one attached hydrogen (secondary N) is 2. The van der Waals surface area contributed by atoms with Gasteiger partial charge in [0, 0.05) is 5.71 Å². The average Bonchev–Trinajstić information content (AvgIpc) is 2.40. The molecule has 11 heavy (non-hydrogen) atoms. The van der Waals surface area contributed by atoms with Crippen molar-refractivity contribution in [2.45, 2.75) is 32.6 Å². The Morgan fingerprint density at radius 3 is 3.00 bits per heavy atom. The lowest BCUT2D eigenvalue weighted by molar-refractivity contribution is 0.602. The zero-order valence-electron chi connectivity index (χ0n) is 7.32. The summed E-state index contributed by atoms with van der Waals surface area (Å²) in [6.45, 7) is 4.43. The molecule has 1 heterocycles. The number of hydrogen-bond donors (Lipinski definition) is 2. The van der Waals surface area contributed by atoms with Crippen molar-refractivity contribution in [2.24, 2.45) is 5.92 Å². The molecule has 0 aromatic rings. The number of hydrogen-bond acceptors (Lipinski definition) is 2. The zero-order valence-corrected chi connectivity index (χ0v) is 7.32. The van der Waals surface area contributed by atoms with Gasteiger partial charge in [0.05, 0.1) is 0 Å². The Bertz CT molecular complexity index is 126. The SMILES string of the molecule is CCCC(=N)C[C@@H]1CCNC1. The molecule has 2 heteroatoms. The van der Waals surface area contributed by atoms with Crippen LogP contribution in [-0.4, -0.2) is 18.8 Å². The Kier molecular flexibility index (Phi) is 3.57. The quantitative estimate of drug-likeness (QED) is 0.595. The average molecular weight is 154 g/mol. The fourth-order valence-corrected chi connectivity index (χ4v) is 1.64. The van der Waals surface area contributed by atoms with Gasteiger partial charge < -0.3 is 10.7 Å². The van der Waals surface area contributed by atoms with Gasteiger partial charge in [-0.25, -0.2) is 0 Å². The lowest BCUT2D eigenvalue weighted by atomic mass is 9.99. The smallest absolute Gasteiger partial charge is 0.00923 e. The van der Waals surface area contributed by atoms with Gasteiger partial charge in [0.25, 0.3) is 0 Å². The van der Waals surface area contributed by atoms with Gasteiger partial charge in [-0.15, -0.1) is 0 Å². The molecule has 0 unspecified atom stereocenters. The molecule has 2 nitrogen and oxygen atoms in total. The van der Waals surface area contributed by atoms with Crippen LogP contribution in [-0.2, 0) is 0 Å². The maximum Gasteiger partial charge on any atom is 0.00923 e. The van der Waals surface area contributed by atoms with E-state index in [-0.39, 0.29) is 0 Å². The van der Waals surface area contributed by atoms with Crippen molar-refractivity contribution >= 4 is 5.71 Å². The molecule has 64 valence electrons. The van der Waals surface area contributed by atoms with Crippen molar-refractivity contribution in [3.63, 3.8) is 0 Å². The van der Waals surface area contributed by atoms with E-state index in [2.05, 4.69) is 12.2 Å². The second-order valence-corrected chi connectivity index (χ2v) is 3.42. The predicted molar refractivity (Wildman–Crippen MR) is 48.2 cm³/mol. The maximum atomic E-state index is 7.63. The van der Waals surface area contributed by atoms with E-state index in [4.69, 9.17) is 5.41 Å². The van der Waals surface area contributed by atoms with E-state index in [0.717, 1.165) is 44.0 Å². The Labute approximate surface area is 68.9 Å². The van der Waals surface area contributed by atoms with Crippen molar-refractivity contribution in [3.05, 3.63) is 0 Å². The van der Waals surface area contributed by atoms with Crippen LogP contribution in [0.4, 0.5) is 0 Å². The van der Waals surface area contributed by atoms with Crippen LogP contribution in [0.25, 0.3) is 0 Å². The van der Waals surface area contributed by atoms with E-state index in [9.17, 15) is 0 Å². The third-order valence-corrected chi connectivity index (χ3v) is 2.25. The molecule has 0 amide bonds. The predicted octanol–water partition coefficient (Wildman–Crippen LogP) is 1.81. The van der Waals surface area contributed by atoms with Crippen LogP contribution in [0.3, 0.4) is 0 Å². The summed E-state index contributed by atoms with van der Waals surface area (Å²) in [4.78, 5) is 0. The van der Waals surface area contributed by atoms with Crippen LogP contribution >= 0.6 is 0 Å². The molecule has 1 rings (SSSR count). The highest BCUT2D eigenvalue weighted by Gasteiger charge is 2.15. The van der Waals surface area contributed by atoms with Gasteiger partial charge in [-0.05, 0) is 38.3 Å². The molecule has 0 radical (unpaired) electrons. The first-order valence-electron chi connectivity index (χ1n) is 4.60. The van der Waals surface area contributed by atoms with E-state index >= 15 is 0 Å². The van der Waals surface area contributed by atoms with E-state index in [0.29, 0.717) is 0 Å². The molecule has 2 N–H and O–H groups in total. The van der Waals surface area contributed by atoms with Gasteiger partial charge in [0.2, 0.25) is 0 Å². The Balaban J connectivity index is 2.13. The maximum absolute atomic E-state index is 7.63. The molecule has 1 atom stereocenters. The molecular weight excluding hydrogens is 136 g/mol. The molecule has 0 bridgehead atoms. The second-order valence-electron chi connectivity index (χ2n) is 3.42. The van der Waals surface area contributed by atoms with Gasteiger partial charge in [-0.1, -0.05) is 13.3 Å². The molecule has 0 aromatic carbocycles. The minimum Gasteiger partial charge on any atom is -0.316 e. The molecule has 1 aliphatic rings. The van der Waals surface area contributed by atoms with Gasteiger partial charge in [-0.3, -0.25) is 0 Å². The topological polar surface area (TPSA) is 35.9 Å². The minimum absolute atomic E-state index is 0.758. The fourth-order valence-electron chi connectivity index (χ4n) is 1.64. The third kappa shape index (κ3) is 3.02. The van der Waals surface area contributed by atoms with Crippen molar-refractivity contribution in [1.82, 2.24) is 5.32 Å². The van der Waals surface area contributed by atoms with Crippen molar-refractivity contribution in [2.75, 3.05) is 13.1 Å². The van der Waals surface area contributed by atoms with Gasteiger partial charge in [-0.2, -0.15) is 0 Å². The largest absolute Gasteiger partial charge is 0.316 e. The lowest BCUT2D eigenvalue weighted by Crippen LogP contribution is -2.12. The van der Waals surface area contributed by atoms with Gasteiger partial charge >= 0.3 is 0 Å². The summed E-state index contributed by atoms with van der Waals surface area (Å²) in [5.74, 6) is 0.758. The third-order valence-electron chi connectivity index (χ3n) is 2.25. The Morgan fingerprint density at radius 2 is 2.45 bits per heavy atom. The highest BCUT2D eigenvalue weighted by molar-refractivity contribution is 5.81.